The molecule has 0 fully saturated rings. The van der Waals surface area contributed by atoms with Gasteiger partial charge in [-0.25, -0.2) is 4.68 Å². The van der Waals surface area contributed by atoms with Crippen LogP contribution in [0.25, 0.3) is 5.69 Å². The maximum absolute atomic E-state index is 12.6. The van der Waals surface area contributed by atoms with Gasteiger partial charge in [-0.1, -0.05) is 17.7 Å². The van der Waals surface area contributed by atoms with Crippen LogP contribution in [0.5, 0.6) is 0 Å². The van der Waals surface area contributed by atoms with Gasteiger partial charge in [0.05, 0.1) is 5.69 Å². The van der Waals surface area contributed by atoms with E-state index >= 15 is 0 Å². The summed E-state index contributed by atoms with van der Waals surface area (Å²) in [5.74, 6) is -0.0991. The van der Waals surface area contributed by atoms with Crippen molar-refractivity contribution >= 4 is 17.5 Å². The van der Waals surface area contributed by atoms with E-state index < -0.39 is 0 Å². The van der Waals surface area contributed by atoms with Gasteiger partial charge in [-0.05, 0) is 55.3 Å². The second-order valence-electron chi connectivity index (χ2n) is 5.89. The fourth-order valence-electron chi connectivity index (χ4n) is 2.59. The summed E-state index contributed by atoms with van der Waals surface area (Å²) in [6, 6.07) is 13.1. The van der Waals surface area contributed by atoms with Crippen molar-refractivity contribution < 1.29 is 4.79 Å². The van der Waals surface area contributed by atoms with Crippen molar-refractivity contribution in [3.63, 3.8) is 0 Å². The summed E-state index contributed by atoms with van der Waals surface area (Å²) in [5, 5.41) is 5.09. The maximum Gasteiger partial charge on any atom is 0.274 e. The van der Waals surface area contributed by atoms with Crippen molar-refractivity contribution in [1.29, 1.82) is 0 Å². The van der Waals surface area contributed by atoms with E-state index in [-0.39, 0.29) is 5.91 Å². The van der Waals surface area contributed by atoms with E-state index in [1.165, 1.54) is 0 Å². The van der Waals surface area contributed by atoms with Crippen LogP contribution in [-0.4, -0.2) is 39.2 Å². The van der Waals surface area contributed by atoms with E-state index in [0.29, 0.717) is 17.3 Å². The van der Waals surface area contributed by atoms with Gasteiger partial charge in [0.1, 0.15) is 0 Å². The number of likely N-dealkylation sites (N-methyl/N-ethyl adjacent to an activating group) is 1. The molecule has 0 atom stereocenters. The van der Waals surface area contributed by atoms with Crippen molar-refractivity contribution in [3.05, 3.63) is 76.8 Å². The average molecular weight is 355 g/mol. The van der Waals surface area contributed by atoms with Gasteiger partial charge in [-0.3, -0.25) is 9.78 Å². The number of halogens is 1. The summed E-state index contributed by atoms with van der Waals surface area (Å²) in [6.45, 7) is 2.54. The molecule has 0 unspecified atom stereocenters. The highest BCUT2D eigenvalue weighted by Crippen LogP contribution is 2.17. The number of hydrogen-bond donors (Lipinski definition) is 0. The third-order valence-corrected chi connectivity index (χ3v) is 4.23. The van der Waals surface area contributed by atoms with Gasteiger partial charge in [0.15, 0.2) is 5.69 Å². The Morgan fingerprint density at radius 1 is 1.20 bits per heavy atom. The summed E-state index contributed by atoms with van der Waals surface area (Å²) < 4.78 is 1.73. The zero-order valence-electron chi connectivity index (χ0n) is 14.2. The topological polar surface area (TPSA) is 51.0 Å². The third-order valence-electron chi connectivity index (χ3n) is 3.99. The van der Waals surface area contributed by atoms with E-state index in [9.17, 15) is 4.79 Å². The molecular formula is C19H19ClN4O. The molecule has 5 nitrogen and oxygen atoms in total. The minimum atomic E-state index is -0.0991. The summed E-state index contributed by atoms with van der Waals surface area (Å²) in [7, 11) is 1.79. The van der Waals surface area contributed by atoms with Crippen LogP contribution < -0.4 is 0 Å². The monoisotopic (exact) mass is 354 g/mol. The van der Waals surface area contributed by atoms with E-state index in [2.05, 4.69) is 10.1 Å². The molecule has 2 heterocycles. The molecule has 0 aliphatic carbocycles. The van der Waals surface area contributed by atoms with E-state index in [1.807, 2.05) is 43.3 Å². The molecule has 3 rings (SSSR count). The first-order valence-electron chi connectivity index (χ1n) is 8.01. The zero-order valence-corrected chi connectivity index (χ0v) is 14.9. The molecule has 0 saturated heterocycles. The van der Waals surface area contributed by atoms with Gasteiger partial charge >= 0.3 is 0 Å². The number of amides is 1. The van der Waals surface area contributed by atoms with Gasteiger partial charge in [0.2, 0.25) is 0 Å². The first kappa shape index (κ1) is 17.2. The summed E-state index contributed by atoms with van der Waals surface area (Å²) in [4.78, 5) is 18.3. The molecule has 0 bridgehead atoms. The number of carbonyl (C=O) groups excluding carboxylic acids is 1. The fraction of sp³-hybridized carbons (Fsp3) is 0.211. The summed E-state index contributed by atoms with van der Waals surface area (Å²) in [5.41, 5.74) is 3.29. The first-order valence-corrected chi connectivity index (χ1v) is 8.39. The van der Waals surface area contributed by atoms with Crippen LogP contribution in [0.1, 0.15) is 21.7 Å². The lowest BCUT2D eigenvalue weighted by atomic mass is 10.2. The molecule has 0 aliphatic heterocycles. The van der Waals surface area contributed by atoms with Crippen LogP contribution in [-0.2, 0) is 6.42 Å². The predicted molar refractivity (Wildman–Crippen MR) is 98.2 cm³/mol. The lowest BCUT2D eigenvalue weighted by Crippen LogP contribution is -2.29. The minimum absolute atomic E-state index is 0.0991. The second-order valence-corrected chi connectivity index (χ2v) is 6.33. The van der Waals surface area contributed by atoms with Crippen LogP contribution in [0, 0.1) is 6.92 Å². The number of pyridine rings is 1. The number of hydrogen-bond acceptors (Lipinski definition) is 3. The van der Waals surface area contributed by atoms with E-state index in [4.69, 9.17) is 11.6 Å². The SMILES string of the molecule is Cc1cc(C(=O)N(C)CCc2ccncc2)nn1-c1cccc(Cl)c1. The Morgan fingerprint density at radius 2 is 1.96 bits per heavy atom. The minimum Gasteiger partial charge on any atom is -0.340 e. The number of rotatable bonds is 5. The number of aromatic nitrogens is 3. The maximum atomic E-state index is 12.6. The standard InChI is InChI=1S/C19H19ClN4O/c1-14-12-18(22-24(14)17-5-3-4-16(20)13-17)19(25)23(2)11-8-15-6-9-21-10-7-15/h3-7,9-10,12-13H,8,11H2,1-2H3. The van der Waals surface area contributed by atoms with Gasteiger partial charge in [-0.15, -0.1) is 0 Å². The molecule has 0 spiro atoms. The largest absolute Gasteiger partial charge is 0.340 e. The first-order chi connectivity index (χ1) is 12.0. The third kappa shape index (κ3) is 4.06. The molecule has 0 saturated carbocycles. The molecule has 0 radical (unpaired) electrons. The lowest BCUT2D eigenvalue weighted by molar-refractivity contribution is 0.0790. The normalized spacial score (nSPS) is 10.7. The Bertz CT molecular complexity index is 876. The van der Waals surface area contributed by atoms with Crippen LogP contribution in [0.4, 0.5) is 0 Å². The molecule has 6 heteroatoms. The Balaban J connectivity index is 1.73. The predicted octanol–water partition coefficient (Wildman–Crippen LogP) is 3.54. The smallest absolute Gasteiger partial charge is 0.274 e. The van der Waals surface area contributed by atoms with E-state index in [0.717, 1.165) is 23.4 Å². The molecule has 3 aromatic rings. The Hall–Kier alpha value is -2.66. The molecule has 128 valence electrons. The quantitative estimate of drug-likeness (QED) is 0.704. The number of nitrogens with zero attached hydrogens (tertiary/aromatic N) is 4. The molecule has 0 N–H and O–H groups in total. The summed E-state index contributed by atoms with van der Waals surface area (Å²) in [6.07, 6.45) is 4.29. The van der Waals surface area contributed by atoms with Crippen molar-refractivity contribution in [3.8, 4) is 5.69 Å². The van der Waals surface area contributed by atoms with E-state index in [1.54, 1.807) is 35.1 Å². The molecule has 2 aromatic heterocycles. The Morgan fingerprint density at radius 3 is 2.68 bits per heavy atom. The number of benzene rings is 1. The van der Waals surface area contributed by atoms with Gasteiger partial charge in [0, 0.05) is 36.7 Å². The average Bonchev–Trinajstić information content (AvgIpc) is 3.01. The number of aryl methyl sites for hydroxylation is 1. The molecule has 1 amide bonds. The van der Waals surface area contributed by atoms with Crippen molar-refractivity contribution in [2.45, 2.75) is 13.3 Å². The fourth-order valence-corrected chi connectivity index (χ4v) is 2.78. The number of carbonyl (C=O) groups is 1. The Kier molecular flexibility index (Phi) is 5.14. The lowest BCUT2D eigenvalue weighted by Gasteiger charge is -2.15. The highest BCUT2D eigenvalue weighted by molar-refractivity contribution is 6.30. The molecule has 1 aromatic carbocycles. The molecular weight excluding hydrogens is 336 g/mol. The van der Waals surface area contributed by atoms with Gasteiger partial charge in [0.25, 0.3) is 5.91 Å². The van der Waals surface area contributed by atoms with Gasteiger partial charge in [-0.2, -0.15) is 5.10 Å². The second kappa shape index (κ2) is 7.49. The molecule has 25 heavy (non-hydrogen) atoms. The van der Waals surface area contributed by atoms with Crippen molar-refractivity contribution in [2.75, 3.05) is 13.6 Å². The Labute approximate surface area is 151 Å². The van der Waals surface area contributed by atoms with Crippen LogP contribution >= 0.6 is 11.6 Å². The van der Waals surface area contributed by atoms with Crippen LogP contribution in [0.3, 0.4) is 0 Å². The van der Waals surface area contributed by atoms with Crippen LogP contribution in [0.15, 0.2) is 54.9 Å². The van der Waals surface area contributed by atoms with Crippen molar-refractivity contribution in [1.82, 2.24) is 19.7 Å². The highest BCUT2D eigenvalue weighted by atomic mass is 35.5. The van der Waals surface area contributed by atoms with Crippen LogP contribution in [0.2, 0.25) is 5.02 Å². The van der Waals surface area contributed by atoms with Crippen molar-refractivity contribution in [2.24, 2.45) is 0 Å². The van der Waals surface area contributed by atoms with Gasteiger partial charge < -0.3 is 4.90 Å². The zero-order chi connectivity index (χ0) is 17.8. The highest BCUT2D eigenvalue weighted by Gasteiger charge is 2.17. The summed E-state index contributed by atoms with van der Waals surface area (Å²) >= 11 is 6.05. The molecule has 0 aliphatic rings.